The fraction of sp³-hybridized carbons (Fsp3) is 0.833. The summed E-state index contributed by atoms with van der Waals surface area (Å²) in [6, 6.07) is 0. The van der Waals surface area contributed by atoms with Crippen molar-refractivity contribution < 1.29 is 19.8 Å². The summed E-state index contributed by atoms with van der Waals surface area (Å²) in [5, 5.41) is 17.8. The zero-order valence-corrected chi connectivity index (χ0v) is 9.73. The van der Waals surface area contributed by atoms with Crippen molar-refractivity contribution in [3.63, 3.8) is 0 Å². The van der Waals surface area contributed by atoms with Crippen LogP contribution in [0.2, 0.25) is 0 Å². The standard InChI is InChI=1S/C12H22O4/c13-10-6-8-11(14)7-4-2-1-3-5-9-12(15)16/h10-11,14H,1-9H2,(H,15,16). The summed E-state index contributed by atoms with van der Waals surface area (Å²) in [5.74, 6) is -0.732. The first-order chi connectivity index (χ1) is 7.66. The van der Waals surface area contributed by atoms with Gasteiger partial charge in [-0.2, -0.15) is 0 Å². The summed E-state index contributed by atoms with van der Waals surface area (Å²) < 4.78 is 0. The first-order valence-electron chi connectivity index (χ1n) is 6.00. The van der Waals surface area contributed by atoms with Gasteiger partial charge in [0.2, 0.25) is 0 Å². The predicted molar refractivity (Wildman–Crippen MR) is 61.3 cm³/mol. The van der Waals surface area contributed by atoms with E-state index in [0.29, 0.717) is 12.8 Å². The van der Waals surface area contributed by atoms with E-state index in [4.69, 9.17) is 5.11 Å². The quantitative estimate of drug-likeness (QED) is 0.421. The van der Waals surface area contributed by atoms with Crippen molar-refractivity contribution >= 4 is 12.3 Å². The van der Waals surface area contributed by atoms with Crippen LogP contribution < -0.4 is 0 Å². The highest BCUT2D eigenvalue weighted by Crippen LogP contribution is 2.10. The maximum atomic E-state index is 10.2. The third kappa shape index (κ3) is 11.2. The molecule has 0 saturated carbocycles. The predicted octanol–water partition coefficient (Wildman–Crippen LogP) is 2.14. The molecule has 0 bridgehead atoms. The average Bonchev–Trinajstić information content (AvgIpc) is 2.24. The molecule has 0 aromatic rings. The lowest BCUT2D eigenvalue weighted by molar-refractivity contribution is -0.137. The van der Waals surface area contributed by atoms with Gasteiger partial charge in [0.05, 0.1) is 6.10 Å². The molecule has 1 unspecified atom stereocenters. The second kappa shape index (κ2) is 10.6. The molecule has 16 heavy (non-hydrogen) atoms. The lowest BCUT2D eigenvalue weighted by Gasteiger charge is -2.07. The molecule has 1 atom stereocenters. The molecule has 2 N–H and O–H groups in total. The molecular weight excluding hydrogens is 208 g/mol. The number of aliphatic carboxylic acids is 1. The average molecular weight is 230 g/mol. The minimum atomic E-state index is -0.732. The Bertz CT molecular complexity index is 191. The molecule has 0 saturated heterocycles. The van der Waals surface area contributed by atoms with Gasteiger partial charge in [-0.05, 0) is 19.3 Å². The van der Waals surface area contributed by atoms with Crippen LogP contribution in [0, 0.1) is 0 Å². The number of rotatable bonds is 11. The number of carbonyl (C=O) groups excluding carboxylic acids is 1. The molecule has 0 aliphatic heterocycles. The summed E-state index contributed by atoms with van der Waals surface area (Å²) in [4.78, 5) is 20.3. The second-order valence-corrected chi connectivity index (χ2v) is 4.10. The zero-order chi connectivity index (χ0) is 12.2. The molecule has 0 heterocycles. The summed E-state index contributed by atoms with van der Waals surface area (Å²) in [6.45, 7) is 0. The molecule has 0 spiro atoms. The van der Waals surface area contributed by atoms with Gasteiger partial charge < -0.3 is 15.0 Å². The smallest absolute Gasteiger partial charge is 0.303 e. The van der Waals surface area contributed by atoms with Crippen LogP contribution in [0.5, 0.6) is 0 Å². The summed E-state index contributed by atoms with van der Waals surface area (Å²) in [7, 11) is 0. The largest absolute Gasteiger partial charge is 0.481 e. The van der Waals surface area contributed by atoms with Crippen LogP contribution in [0.3, 0.4) is 0 Å². The zero-order valence-electron chi connectivity index (χ0n) is 9.73. The van der Waals surface area contributed by atoms with E-state index in [2.05, 4.69) is 0 Å². The van der Waals surface area contributed by atoms with Crippen LogP contribution >= 0.6 is 0 Å². The molecule has 94 valence electrons. The van der Waals surface area contributed by atoms with Gasteiger partial charge in [0.25, 0.3) is 0 Å². The van der Waals surface area contributed by atoms with Crippen LogP contribution in [0.1, 0.15) is 57.8 Å². The van der Waals surface area contributed by atoms with Crippen molar-refractivity contribution in [1.29, 1.82) is 0 Å². The van der Waals surface area contributed by atoms with Gasteiger partial charge in [-0.3, -0.25) is 4.79 Å². The van der Waals surface area contributed by atoms with E-state index in [0.717, 1.165) is 44.8 Å². The number of carbonyl (C=O) groups is 2. The number of hydrogen-bond acceptors (Lipinski definition) is 3. The van der Waals surface area contributed by atoms with E-state index in [1.807, 2.05) is 0 Å². The van der Waals surface area contributed by atoms with Crippen molar-refractivity contribution in [2.24, 2.45) is 0 Å². The molecule has 0 fully saturated rings. The first-order valence-corrected chi connectivity index (χ1v) is 6.00. The van der Waals surface area contributed by atoms with Gasteiger partial charge in [-0.15, -0.1) is 0 Å². The number of unbranched alkanes of at least 4 members (excludes halogenated alkanes) is 4. The van der Waals surface area contributed by atoms with Crippen molar-refractivity contribution in [1.82, 2.24) is 0 Å². The monoisotopic (exact) mass is 230 g/mol. The Morgan fingerprint density at radius 1 is 1.06 bits per heavy atom. The lowest BCUT2D eigenvalue weighted by Crippen LogP contribution is -2.06. The maximum Gasteiger partial charge on any atom is 0.303 e. The van der Waals surface area contributed by atoms with Crippen LogP contribution in [0.25, 0.3) is 0 Å². The van der Waals surface area contributed by atoms with Gasteiger partial charge in [-0.25, -0.2) is 0 Å². The minimum Gasteiger partial charge on any atom is -0.481 e. The number of carboxylic acids is 1. The van der Waals surface area contributed by atoms with E-state index in [1.165, 1.54) is 0 Å². The third-order valence-electron chi connectivity index (χ3n) is 2.55. The summed E-state index contributed by atoms with van der Waals surface area (Å²) in [5.41, 5.74) is 0. The Morgan fingerprint density at radius 3 is 2.31 bits per heavy atom. The Balaban J connectivity index is 3.14. The highest BCUT2D eigenvalue weighted by atomic mass is 16.4. The maximum absolute atomic E-state index is 10.2. The van der Waals surface area contributed by atoms with Crippen LogP contribution in [0.15, 0.2) is 0 Å². The van der Waals surface area contributed by atoms with Gasteiger partial charge in [0, 0.05) is 12.8 Å². The van der Waals surface area contributed by atoms with Crippen LogP contribution in [0.4, 0.5) is 0 Å². The normalized spacial score (nSPS) is 12.3. The number of aldehydes is 1. The molecular formula is C12H22O4. The summed E-state index contributed by atoms with van der Waals surface area (Å²) >= 11 is 0. The highest BCUT2D eigenvalue weighted by molar-refractivity contribution is 5.66. The van der Waals surface area contributed by atoms with Crippen molar-refractivity contribution in [2.75, 3.05) is 0 Å². The number of aliphatic hydroxyl groups is 1. The fourth-order valence-corrected chi connectivity index (χ4v) is 1.59. The summed E-state index contributed by atoms with van der Waals surface area (Å²) in [6.07, 6.45) is 7.13. The van der Waals surface area contributed by atoms with Crippen molar-refractivity contribution in [3.8, 4) is 0 Å². The minimum absolute atomic E-state index is 0.252. The fourth-order valence-electron chi connectivity index (χ4n) is 1.59. The Labute approximate surface area is 96.7 Å². The van der Waals surface area contributed by atoms with E-state index in [-0.39, 0.29) is 12.5 Å². The number of hydrogen-bond donors (Lipinski definition) is 2. The number of aliphatic hydroxyl groups excluding tert-OH is 1. The third-order valence-corrected chi connectivity index (χ3v) is 2.55. The topological polar surface area (TPSA) is 74.6 Å². The van der Waals surface area contributed by atoms with Crippen LogP contribution in [-0.4, -0.2) is 28.6 Å². The molecule has 0 aliphatic carbocycles. The molecule has 0 amide bonds. The van der Waals surface area contributed by atoms with Crippen LogP contribution in [-0.2, 0) is 9.59 Å². The van der Waals surface area contributed by atoms with Crippen molar-refractivity contribution in [3.05, 3.63) is 0 Å². The van der Waals surface area contributed by atoms with E-state index in [9.17, 15) is 14.7 Å². The molecule has 0 aromatic carbocycles. The van der Waals surface area contributed by atoms with Gasteiger partial charge in [0.15, 0.2) is 0 Å². The van der Waals surface area contributed by atoms with Crippen molar-refractivity contribution in [2.45, 2.75) is 63.9 Å². The Hall–Kier alpha value is -0.900. The lowest BCUT2D eigenvalue weighted by atomic mass is 10.0. The van der Waals surface area contributed by atoms with E-state index < -0.39 is 5.97 Å². The molecule has 0 aliphatic rings. The SMILES string of the molecule is O=CCCC(O)CCCCCCCC(=O)O. The molecule has 4 nitrogen and oxygen atoms in total. The molecule has 0 rings (SSSR count). The van der Waals surface area contributed by atoms with E-state index >= 15 is 0 Å². The second-order valence-electron chi connectivity index (χ2n) is 4.10. The highest BCUT2D eigenvalue weighted by Gasteiger charge is 2.03. The van der Waals surface area contributed by atoms with Gasteiger partial charge in [-0.1, -0.05) is 25.7 Å². The Kier molecular flexibility index (Phi) is 10.0. The molecule has 4 heteroatoms. The number of carboxylic acid groups (broad SMARTS) is 1. The molecule has 0 aromatic heterocycles. The molecule has 0 radical (unpaired) electrons. The van der Waals surface area contributed by atoms with Gasteiger partial charge in [0.1, 0.15) is 6.29 Å². The van der Waals surface area contributed by atoms with Gasteiger partial charge >= 0.3 is 5.97 Å². The first kappa shape index (κ1) is 15.1. The van der Waals surface area contributed by atoms with E-state index in [1.54, 1.807) is 0 Å². The Morgan fingerprint density at radius 2 is 1.69 bits per heavy atom.